The minimum absolute atomic E-state index is 0.210. The summed E-state index contributed by atoms with van der Waals surface area (Å²) in [5.74, 6) is 0. The van der Waals surface area contributed by atoms with E-state index in [9.17, 15) is 0 Å². The van der Waals surface area contributed by atoms with Gasteiger partial charge >= 0.3 is 0 Å². The molecule has 1 saturated carbocycles. The molecule has 3 nitrogen and oxygen atoms in total. The van der Waals surface area contributed by atoms with Crippen molar-refractivity contribution in [2.75, 3.05) is 33.3 Å². The second-order valence-electron chi connectivity index (χ2n) is 5.33. The fraction of sp³-hybridized carbons (Fsp3) is 1.00. The molecule has 3 heteroatoms. The molecule has 0 aromatic heterocycles. The largest absolute Gasteiger partial charge is 0.378 e. The lowest BCUT2D eigenvalue weighted by atomic mass is 9.77. The molecule has 1 atom stereocenters. The van der Waals surface area contributed by atoms with Crippen molar-refractivity contribution in [3.05, 3.63) is 0 Å². The van der Waals surface area contributed by atoms with Crippen LogP contribution in [0.25, 0.3) is 0 Å². The lowest BCUT2D eigenvalue weighted by Gasteiger charge is -2.41. The first-order valence-corrected chi connectivity index (χ1v) is 7.16. The van der Waals surface area contributed by atoms with Crippen molar-refractivity contribution in [2.24, 2.45) is 0 Å². The van der Waals surface area contributed by atoms with Crippen LogP contribution in [-0.2, 0) is 4.74 Å². The van der Waals surface area contributed by atoms with Crippen molar-refractivity contribution in [3.8, 4) is 0 Å². The smallest absolute Gasteiger partial charge is 0.0690 e. The third kappa shape index (κ3) is 4.57. The summed E-state index contributed by atoms with van der Waals surface area (Å²) in [6.45, 7) is 11.2. The van der Waals surface area contributed by atoms with Gasteiger partial charge in [-0.1, -0.05) is 13.8 Å². The molecule has 0 aliphatic heterocycles. The SMILES string of the molecule is CCN(CC)CC(C)NCCC1(OC)CCC1. The number of hydrogen-bond acceptors (Lipinski definition) is 3. The van der Waals surface area contributed by atoms with Crippen LogP contribution in [0, 0.1) is 0 Å². The minimum Gasteiger partial charge on any atom is -0.378 e. The Morgan fingerprint density at radius 3 is 2.35 bits per heavy atom. The van der Waals surface area contributed by atoms with Gasteiger partial charge in [0.2, 0.25) is 0 Å². The van der Waals surface area contributed by atoms with E-state index in [2.05, 4.69) is 31.0 Å². The number of likely N-dealkylation sites (N-methyl/N-ethyl adjacent to an activating group) is 1. The summed E-state index contributed by atoms with van der Waals surface area (Å²) in [6.07, 6.45) is 4.99. The molecule has 0 amide bonds. The Kier molecular flexibility index (Phi) is 6.45. The standard InChI is InChI=1S/C14H30N2O/c1-5-16(6-2)12-13(3)15-11-10-14(17-4)8-7-9-14/h13,15H,5-12H2,1-4H3. The molecule has 0 heterocycles. The third-order valence-corrected chi connectivity index (χ3v) is 4.20. The number of nitrogens with one attached hydrogen (secondary N) is 1. The molecule has 0 aromatic carbocycles. The molecule has 17 heavy (non-hydrogen) atoms. The summed E-state index contributed by atoms with van der Waals surface area (Å²) in [4.78, 5) is 2.47. The molecule has 102 valence electrons. The molecular formula is C14H30N2O. The molecule has 1 aliphatic carbocycles. The van der Waals surface area contributed by atoms with Gasteiger partial charge in [0.15, 0.2) is 0 Å². The van der Waals surface area contributed by atoms with Crippen molar-refractivity contribution in [1.82, 2.24) is 10.2 Å². The van der Waals surface area contributed by atoms with E-state index in [4.69, 9.17) is 4.74 Å². The average Bonchev–Trinajstić information content (AvgIpc) is 2.29. The normalized spacial score (nSPS) is 20.3. The van der Waals surface area contributed by atoms with E-state index in [1.807, 2.05) is 7.11 Å². The molecule has 1 rings (SSSR count). The van der Waals surface area contributed by atoms with Crippen LogP contribution >= 0.6 is 0 Å². The van der Waals surface area contributed by atoms with Gasteiger partial charge in [0.1, 0.15) is 0 Å². The predicted octanol–water partition coefficient (Wildman–Crippen LogP) is 2.27. The fourth-order valence-electron chi connectivity index (χ4n) is 2.61. The van der Waals surface area contributed by atoms with E-state index in [0.29, 0.717) is 6.04 Å². The number of ether oxygens (including phenoxy) is 1. The van der Waals surface area contributed by atoms with E-state index in [1.54, 1.807) is 0 Å². The summed E-state index contributed by atoms with van der Waals surface area (Å²) < 4.78 is 5.63. The number of rotatable bonds is 9. The van der Waals surface area contributed by atoms with Crippen LogP contribution < -0.4 is 5.32 Å². The first kappa shape index (κ1) is 14.9. The molecule has 1 unspecified atom stereocenters. The Morgan fingerprint density at radius 1 is 1.29 bits per heavy atom. The summed E-state index contributed by atoms with van der Waals surface area (Å²) in [7, 11) is 1.86. The van der Waals surface area contributed by atoms with Gasteiger partial charge in [-0.25, -0.2) is 0 Å². The average molecular weight is 242 g/mol. The van der Waals surface area contributed by atoms with Gasteiger partial charge < -0.3 is 15.0 Å². The van der Waals surface area contributed by atoms with Crippen molar-refractivity contribution in [1.29, 1.82) is 0 Å². The Bertz CT molecular complexity index is 195. The van der Waals surface area contributed by atoms with E-state index < -0.39 is 0 Å². The monoisotopic (exact) mass is 242 g/mol. The molecule has 0 spiro atoms. The minimum atomic E-state index is 0.210. The van der Waals surface area contributed by atoms with Crippen LogP contribution in [-0.4, -0.2) is 49.8 Å². The Labute approximate surface area is 107 Å². The Morgan fingerprint density at radius 2 is 1.94 bits per heavy atom. The maximum Gasteiger partial charge on any atom is 0.0690 e. The van der Waals surface area contributed by atoms with E-state index in [1.165, 1.54) is 19.3 Å². The second-order valence-corrected chi connectivity index (χ2v) is 5.33. The Balaban J connectivity index is 2.13. The van der Waals surface area contributed by atoms with Crippen molar-refractivity contribution >= 4 is 0 Å². The molecular weight excluding hydrogens is 212 g/mol. The zero-order chi connectivity index (χ0) is 12.7. The number of nitrogens with zero attached hydrogens (tertiary/aromatic N) is 1. The highest BCUT2D eigenvalue weighted by molar-refractivity contribution is 4.90. The number of methoxy groups -OCH3 is 1. The molecule has 0 radical (unpaired) electrons. The first-order chi connectivity index (χ1) is 8.15. The van der Waals surface area contributed by atoms with Gasteiger partial charge in [0, 0.05) is 19.7 Å². The lowest BCUT2D eigenvalue weighted by Crippen LogP contribution is -2.45. The van der Waals surface area contributed by atoms with Gasteiger partial charge in [0.05, 0.1) is 5.60 Å². The predicted molar refractivity (Wildman–Crippen MR) is 73.5 cm³/mol. The first-order valence-electron chi connectivity index (χ1n) is 7.16. The Hall–Kier alpha value is -0.120. The van der Waals surface area contributed by atoms with Gasteiger partial charge in [-0.2, -0.15) is 0 Å². The maximum atomic E-state index is 5.63. The summed E-state index contributed by atoms with van der Waals surface area (Å²) in [5, 5.41) is 3.62. The zero-order valence-corrected chi connectivity index (χ0v) is 12.1. The number of hydrogen-bond donors (Lipinski definition) is 1. The molecule has 1 fully saturated rings. The maximum absolute atomic E-state index is 5.63. The second kappa shape index (κ2) is 7.34. The summed E-state index contributed by atoms with van der Waals surface area (Å²) in [6, 6.07) is 0.573. The van der Waals surface area contributed by atoms with Crippen LogP contribution in [0.4, 0.5) is 0 Å². The van der Waals surface area contributed by atoms with Crippen molar-refractivity contribution < 1.29 is 4.74 Å². The molecule has 0 aromatic rings. The van der Waals surface area contributed by atoms with E-state index in [0.717, 1.165) is 32.6 Å². The molecule has 0 bridgehead atoms. The van der Waals surface area contributed by atoms with Crippen LogP contribution in [0.2, 0.25) is 0 Å². The van der Waals surface area contributed by atoms with Crippen molar-refractivity contribution in [2.45, 2.75) is 58.1 Å². The zero-order valence-electron chi connectivity index (χ0n) is 12.1. The lowest BCUT2D eigenvalue weighted by molar-refractivity contribution is -0.0771. The summed E-state index contributed by atoms with van der Waals surface area (Å²) in [5.41, 5.74) is 0.210. The summed E-state index contributed by atoms with van der Waals surface area (Å²) >= 11 is 0. The molecule has 1 aliphatic rings. The quantitative estimate of drug-likeness (QED) is 0.671. The van der Waals surface area contributed by atoms with Crippen LogP contribution in [0.1, 0.15) is 46.5 Å². The highest BCUT2D eigenvalue weighted by Crippen LogP contribution is 2.37. The van der Waals surface area contributed by atoms with Gasteiger partial charge in [-0.15, -0.1) is 0 Å². The molecule has 0 saturated heterocycles. The van der Waals surface area contributed by atoms with E-state index >= 15 is 0 Å². The fourth-order valence-corrected chi connectivity index (χ4v) is 2.61. The van der Waals surface area contributed by atoms with Crippen LogP contribution in [0.15, 0.2) is 0 Å². The third-order valence-electron chi connectivity index (χ3n) is 4.20. The van der Waals surface area contributed by atoms with Gasteiger partial charge in [-0.05, 0) is 52.2 Å². The highest BCUT2D eigenvalue weighted by atomic mass is 16.5. The van der Waals surface area contributed by atoms with Crippen molar-refractivity contribution in [3.63, 3.8) is 0 Å². The van der Waals surface area contributed by atoms with Gasteiger partial charge in [-0.3, -0.25) is 0 Å². The topological polar surface area (TPSA) is 24.5 Å². The van der Waals surface area contributed by atoms with Crippen LogP contribution in [0.3, 0.4) is 0 Å². The van der Waals surface area contributed by atoms with E-state index in [-0.39, 0.29) is 5.60 Å². The highest BCUT2D eigenvalue weighted by Gasteiger charge is 2.36. The molecule has 1 N–H and O–H groups in total. The van der Waals surface area contributed by atoms with Crippen LogP contribution in [0.5, 0.6) is 0 Å². The van der Waals surface area contributed by atoms with Gasteiger partial charge in [0.25, 0.3) is 0 Å².